The number of carbonyl (C=O) groups is 1. The fourth-order valence-electron chi connectivity index (χ4n) is 2.62. The van der Waals surface area contributed by atoms with Gasteiger partial charge in [0.05, 0.1) is 11.4 Å². The Labute approximate surface area is 138 Å². The number of imidazole rings is 1. The normalized spacial score (nSPS) is 12.5. The molecular weight excluding hydrogens is 308 g/mol. The lowest BCUT2D eigenvalue weighted by molar-refractivity contribution is -0.116. The molecular formula is C17H16N4O3. The largest absolute Gasteiger partial charge is 0.454 e. The second kappa shape index (κ2) is 5.86. The van der Waals surface area contributed by atoms with Gasteiger partial charge in [-0.3, -0.25) is 4.79 Å². The van der Waals surface area contributed by atoms with Crippen LogP contribution in [0.3, 0.4) is 0 Å². The second-order valence-electron chi connectivity index (χ2n) is 5.46. The van der Waals surface area contributed by atoms with Gasteiger partial charge in [0.15, 0.2) is 11.5 Å². The average molecular weight is 324 g/mol. The van der Waals surface area contributed by atoms with Gasteiger partial charge in [-0.1, -0.05) is 0 Å². The van der Waals surface area contributed by atoms with E-state index in [9.17, 15) is 4.79 Å². The van der Waals surface area contributed by atoms with Gasteiger partial charge in [-0.15, -0.1) is 0 Å². The number of nitrogens with zero attached hydrogens (tertiary/aromatic N) is 2. The predicted molar refractivity (Wildman–Crippen MR) is 89.1 cm³/mol. The number of nitrogens with one attached hydrogen (secondary N) is 1. The Kier molecular flexibility index (Phi) is 3.55. The first kappa shape index (κ1) is 14.5. The van der Waals surface area contributed by atoms with Gasteiger partial charge in [-0.2, -0.15) is 0 Å². The maximum atomic E-state index is 11.6. The Hall–Kier alpha value is -3.06. The van der Waals surface area contributed by atoms with E-state index in [4.69, 9.17) is 15.2 Å². The van der Waals surface area contributed by atoms with Gasteiger partial charge in [-0.05, 0) is 30.3 Å². The zero-order chi connectivity index (χ0) is 16.5. The molecule has 0 fully saturated rings. The minimum atomic E-state index is -0.104. The number of rotatable bonds is 4. The van der Waals surface area contributed by atoms with Crippen LogP contribution < -0.4 is 20.5 Å². The molecule has 4 rings (SSSR count). The van der Waals surface area contributed by atoms with Crippen LogP contribution in [0.1, 0.15) is 6.42 Å². The first-order valence-electron chi connectivity index (χ1n) is 7.61. The number of benzene rings is 1. The lowest BCUT2D eigenvalue weighted by atomic mass is 10.1. The number of carbonyl (C=O) groups excluding carboxylic acids is 1. The maximum Gasteiger partial charge on any atom is 0.231 e. The van der Waals surface area contributed by atoms with Crippen LogP contribution in [-0.2, 0) is 4.79 Å². The van der Waals surface area contributed by atoms with Gasteiger partial charge in [-0.25, -0.2) is 4.98 Å². The summed E-state index contributed by atoms with van der Waals surface area (Å²) in [6.45, 7) is 0.573. The molecule has 7 nitrogen and oxygen atoms in total. The molecule has 0 spiro atoms. The van der Waals surface area contributed by atoms with Crippen LogP contribution in [0.2, 0.25) is 0 Å². The summed E-state index contributed by atoms with van der Waals surface area (Å²) in [5.41, 5.74) is 8.64. The molecule has 0 aliphatic carbocycles. The van der Waals surface area contributed by atoms with Crippen molar-refractivity contribution in [2.75, 3.05) is 18.7 Å². The predicted octanol–water partition coefficient (Wildman–Crippen LogP) is 2.02. The quantitative estimate of drug-likeness (QED) is 0.766. The summed E-state index contributed by atoms with van der Waals surface area (Å²) in [4.78, 5) is 16.2. The van der Waals surface area contributed by atoms with Crippen molar-refractivity contribution in [1.82, 2.24) is 9.38 Å². The van der Waals surface area contributed by atoms with Crippen molar-refractivity contribution in [2.24, 2.45) is 5.73 Å². The smallest absolute Gasteiger partial charge is 0.231 e. The van der Waals surface area contributed by atoms with E-state index in [1.54, 1.807) is 0 Å². The summed E-state index contributed by atoms with van der Waals surface area (Å²) in [7, 11) is 0. The zero-order valence-electron chi connectivity index (χ0n) is 12.9. The van der Waals surface area contributed by atoms with Gasteiger partial charge < -0.3 is 24.9 Å². The van der Waals surface area contributed by atoms with Crippen LogP contribution in [0.5, 0.6) is 11.5 Å². The molecule has 0 radical (unpaired) electrons. The van der Waals surface area contributed by atoms with Crippen molar-refractivity contribution < 1.29 is 14.3 Å². The highest BCUT2D eigenvalue weighted by Crippen LogP contribution is 2.35. The molecule has 1 aliphatic heterocycles. The summed E-state index contributed by atoms with van der Waals surface area (Å²) in [6, 6.07) is 9.40. The Morgan fingerprint density at radius 2 is 2.08 bits per heavy atom. The Morgan fingerprint density at radius 3 is 2.96 bits per heavy atom. The van der Waals surface area contributed by atoms with E-state index in [0.717, 1.165) is 28.4 Å². The van der Waals surface area contributed by atoms with E-state index in [1.165, 1.54) is 0 Å². The number of amides is 1. The molecule has 1 amide bonds. The third-order valence-electron chi connectivity index (χ3n) is 3.77. The highest BCUT2D eigenvalue weighted by molar-refractivity contribution is 5.90. The van der Waals surface area contributed by atoms with E-state index in [0.29, 0.717) is 18.7 Å². The molecule has 1 aromatic carbocycles. The van der Waals surface area contributed by atoms with Crippen LogP contribution >= 0.6 is 0 Å². The number of aromatic nitrogens is 2. The third-order valence-corrected chi connectivity index (χ3v) is 3.77. The van der Waals surface area contributed by atoms with Crippen LogP contribution in [0, 0.1) is 0 Å². The standard InChI is InChI=1S/C17H16N4O3/c18-6-5-17(22)19-12-2-4-16-20-13(9-21(16)8-12)11-1-3-14-15(7-11)24-10-23-14/h1-4,7-9H,5-6,10,18H2,(H,19,22). The fraction of sp³-hybridized carbons (Fsp3) is 0.176. The third kappa shape index (κ3) is 2.65. The van der Waals surface area contributed by atoms with Crippen molar-refractivity contribution in [2.45, 2.75) is 6.42 Å². The zero-order valence-corrected chi connectivity index (χ0v) is 12.9. The van der Waals surface area contributed by atoms with Crippen LogP contribution in [0.15, 0.2) is 42.7 Å². The monoisotopic (exact) mass is 324 g/mol. The minimum absolute atomic E-state index is 0.104. The van der Waals surface area contributed by atoms with Crippen molar-refractivity contribution in [3.63, 3.8) is 0 Å². The number of fused-ring (bicyclic) bond motifs is 2. The summed E-state index contributed by atoms with van der Waals surface area (Å²) >= 11 is 0. The van der Waals surface area contributed by atoms with Crippen molar-refractivity contribution in [3.05, 3.63) is 42.7 Å². The first-order chi connectivity index (χ1) is 11.7. The highest BCUT2D eigenvalue weighted by atomic mass is 16.7. The number of hydrogen-bond donors (Lipinski definition) is 2. The molecule has 122 valence electrons. The number of hydrogen-bond acceptors (Lipinski definition) is 5. The number of ether oxygens (including phenoxy) is 2. The summed E-state index contributed by atoms with van der Waals surface area (Å²) < 4.78 is 12.6. The van der Waals surface area contributed by atoms with Crippen LogP contribution in [0.4, 0.5) is 5.69 Å². The summed E-state index contributed by atoms with van der Waals surface area (Å²) in [6.07, 6.45) is 4.03. The van der Waals surface area contributed by atoms with Gasteiger partial charge in [0.1, 0.15) is 5.65 Å². The minimum Gasteiger partial charge on any atom is -0.454 e. The molecule has 0 saturated carbocycles. The molecule has 1 aliphatic rings. The van der Waals surface area contributed by atoms with E-state index >= 15 is 0 Å². The van der Waals surface area contributed by atoms with Crippen molar-refractivity contribution >= 4 is 17.2 Å². The molecule has 0 saturated heterocycles. The Bertz CT molecular complexity index is 919. The molecule has 3 N–H and O–H groups in total. The average Bonchev–Trinajstić information content (AvgIpc) is 3.20. The SMILES string of the molecule is NCCC(=O)Nc1ccc2nc(-c3ccc4c(c3)OCO4)cn2c1. The Balaban J connectivity index is 1.64. The van der Waals surface area contributed by atoms with E-state index < -0.39 is 0 Å². The first-order valence-corrected chi connectivity index (χ1v) is 7.61. The topological polar surface area (TPSA) is 90.9 Å². The van der Waals surface area contributed by atoms with E-state index in [-0.39, 0.29) is 12.7 Å². The van der Waals surface area contributed by atoms with Gasteiger partial charge in [0.25, 0.3) is 0 Å². The molecule has 2 aromatic heterocycles. The van der Waals surface area contributed by atoms with Crippen LogP contribution in [-0.4, -0.2) is 28.6 Å². The maximum absolute atomic E-state index is 11.6. The van der Waals surface area contributed by atoms with E-state index in [2.05, 4.69) is 10.3 Å². The lowest BCUT2D eigenvalue weighted by Gasteiger charge is -2.04. The molecule has 0 atom stereocenters. The fourth-order valence-corrected chi connectivity index (χ4v) is 2.62. The highest BCUT2D eigenvalue weighted by Gasteiger charge is 2.15. The number of anilines is 1. The van der Waals surface area contributed by atoms with E-state index in [1.807, 2.05) is 47.1 Å². The van der Waals surface area contributed by atoms with Gasteiger partial charge >= 0.3 is 0 Å². The summed E-state index contributed by atoms with van der Waals surface area (Å²) in [5.74, 6) is 1.36. The molecule has 24 heavy (non-hydrogen) atoms. The molecule has 3 heterocycles. The van der Waals surface area contributed by atoms with Gasteiger partial charge in [0, 0.05) is 30.9 Å². The lowest BCUT2D eigenvalue weighted by Crippen LogP contribution is -2.16. The van der Waals surface area contributed by atoms with Crippen molar-refractivity contribution in [1.29, 1.82) is 0 Å². The molecule has 0 bridgehead atoms. The number of pyridine rings is 1. The summed E-state index contributed by atoms with van der Waals surface area (Å²) in [5, 5.41) is 2.81. The van der Waals surface area contributed by atoms with Crippen LogP contribution in [0.25, 0.3) is 16.9 Å². The Morgan fingerprint density at radius 1 is 1.21 bits per heavy atom. The molecule has 3 aromatic rings. The second-order valence-corrected chi connectivity index (χ2v) is 5.46. The molecule has 0 unspecified atom stereocenters. The molecule has 7 heteroatoms. The van der Waals surface area contributed by atoms with Gasteiger partial charge in [0.2, 0.25) is 12.7 Å². The van der Waals surface area contributed by atoms with Crippen molar-refractivity contribution in [3.8, 4) is 22.8 Å². The number of nitrogens with two attached hydrogens (primary N) is 1.